The maximum atomic E-state index is 10.5. The molecule has 146 valence electrons. The Morgan fingerprint density at radius 1 is 1.26 bits per heavy atom. The van der Waals surface area contributed by atoms with Crippen LogP contribution in [-0.2, 0) is 6.54 Å². The molecule has 0 spiro atoms. The average Bonchev–Trinajstić information content (AvgIpc) is 3.10. The van der Waals surface area contributed by atoms with E-state index in [2.05, 4.69) is 37.7 Å². The second-order valence-corrected chi connectivity index (χ2v) is 9.04. The van der Waals surface area contributed by atoms with Crippen molar-refractivity contribution in [3.8, 4) is 0 Å². The third-order valence-electron chi connectivity index (χ3n) is 5.71. The fourth-order valence-electron chi connectivity index (χ4n) is 4.18. The minimum atomic E-state index is -0.357. The first-order chi connectivity index (χ1) is 13.2. The molecule has 0 aromatic carbocycles. The minimum Gasteiger partial charge on any atom is -0.387 e. The fraction of sp³-hybridized carbons (Fsp3) is 0.600. The predicted octanol–water partition coefficient (Wildman–Crippen LogP) is 3.10. The van der Waals surface area contributed by atoms with Crippen molar-refractivity contribution < 1.29 is 5.11 Å². The van der Waals surface area contributed by atoms with Gasteiger partial charge in [0.1, 0.15) is 11.8 Å². The summed E-state index contributed by atoms with van der Waals surface area (Å²) in [7, 11) is 0. The van der Waals surface area contributed by atoms with Crippen LogP contribution in [0.1, 0.15) is 44.1 Å². The van der Waals surface area contributed by atoms with Gasteiger partial charge in [0.05, 0.1) is 11.6 Å². The zero-order valence-electron chi connectivity index (χ0n) is 15.7. The smallest absolute Gasteiger partial charge is 0.151 e. The Balaban J connectivity index is 1.34. The molecule has 1 aliphatic carbocycles. The number of aliphatic hydroxyl groups excluding tert-OH is 1. The summed E-state index contributed by atoms with van der Waals surface area (Å²) in [5.41, 5.74) is 9.82. The molecule has 4 N–H and O–H groups in total. The molecule has 1 unspecified atom stereocenters. The van der Waals surface area contributed by atoms with E-state index in [0.29, 0.717) is 12.4 Å². The molecule has 27 heavy (non-hydrogen) atoms. The van der Waals surface area contributed by atoms with Gasteiger partial charge in [0.25, 0.3) is 0 Å². The Hall–Kier alpha value is -1.57. The average molecular weight is 388 g/mol. The van der Waals surface area contributed by atoms with E-state index < -0.39 is 0 Å². The van der Waals surface area contributed by atoms with Crippen LogP contribution >= 0.6 is 11.8 Å². The van der Waals surface area contributed by atoms with Crippen molar-refractivity contribution in [2.24, 2.45) is 0 Å². The number of likely N-dealkylation sites (tertiary alicyclic amines) is 1. The number of thioether (sulfide) groups is 1. The summed E-state index contributed by atoms with van der Waals surface area (Å²) in [6.45, 7) is 2.24. The summed E-state index contributed by atoms with van der Waals surface area (Å²) >= 11 is 2.07. The largest absolute Gasteiger partial charge is 0.387 e. The number of fused-ring (bicyclic) bond motifs is 1. The van der Waals surface area contributed by atoms with Crippen LogP contribution in [0.2, 0.25) is 0 Å². The molecule has 4 rings (SSSR count). The summed E-state index contributed by atoms with van der Waals surface area (Å²) in [5.74, 6) is 1.49. The third-order valence-corrected chi connectivity index (χ3v) is 7.01. The topological polar surface area (TPSA) is 91.1 Å². The lowest BCUT2D eigenvalue weighted by Gasteiger charge is -2.13. The van der Waals surface area contributed by atoms with E-state index in [4.69, 9.17) is 5.73 Å². The monoisotopic (exact) mass is 387 g/mol. The van der Waals surface area contributed by atoms with Gasteiger partial charge in [-0.3, -0.25) is 4.90 Å². The summed E-state index contributed by atoms with van der Waals surface area (Å²) in [4.78, 5) is 13.8. The molecule has 2 fully saturated rings. The zero-order chi connectivity index (χ0) is 18.6. The van der Waals surface area contributed by atoms with Gasteiger partial charge in [0, 0.05) is 42.4 Å². The molecule has 1 atom stereocenters. The quantitative estimate of drug-likeness (QED) is 0.539. The number of nitrogen functional groups attached to an aromatic ring is 1. The molecule has 0 bridgehead atoms. The van der Waals surface area contributed by atoms with Gasteiger partial charge in [-0.05, 0) is 18.4 Å². The van der Waals surface area contributed by atoms with Crippen LogP contribution in [0.25, 0.3) is 11.0 Å². The number of nitrogens with two attached hydrogens (primary N) is 1. The number of aliphatic hydroxyl groups is 1. The van der Waals surface area contributed by atoms with E-state index in [1.165, 1.54) is 44.9 Å². The summed E-state index contributed by atoms with van der Waals surface area (Å²) in [6, 6.07) is 0. The molecule has 0 radical (unpaired) electrons. The van der Waals surface area contributed by atoms with Crippen LogP contribution in [0, 0.1) is 0 Å². The molecule has 6 nitrogen and oxygen atoms in total. The molecule has 1 aliphatic heterocycles. The predicted molar refractivity (Wildman–Crippen MR) is 112 cm³/mol. The van der Waals surface area contributed by atoms with Crippen molar-refractivity contribution in [2.45, 2.75) is 56.4 Å². The Bertz CT molecular complexity index is 797. The first-order valence-electron chi connectivity index (χ1n) is 9.98. The number of nitrogens with zero attached hydrogens (tertiary/aromatic N) is 3. The molecule has 3 heterocycles. The maximum Gasteiger partial charge on any atom is 0.151 e. The lowest BCUT2D eigenvalue weighted by atomic mass is 10.2. The van der Waals surface area contributed by atoms with Gasteiger partial charge in [-0.2, -0.15) is 11.8 Å². The molecular weight excluding hydrogens is 358 g/mol. The van der Waals surface area contributed by atoms with Gasteiger partial charge < -0.3 is 15.8 Å². The van der Waals surface area contributed by atoms with Crippen LogP contribution in [0.4, 0.5) is 5.82 Å². The molecular formula is C20H29N5OS. The van der Waals surface area contributed by atoms with Crippen molar-refractivity contribution in [1.29, 1.82) is 0 Å². The number of β-amino-alcohol motifs (C(OH)–C–C–N with tert-alkyl or cyclic N) is 1. The third kappa shape index (κ3) is 4.47. The van der Waals surface area contributed by atoms with E-state index in [0.717, 1.165) is 46.3 Å². The summed E-state index contributed by atoms with van der Waals surface area (Å²) in [6.07, 6.45) is 13.6. The van der Waals surface area contributed by atoms with Crippen molar-refractivity contribution in [3.05, 3.63) is 29.7 Å². The van der Waals surface area contributed by atoms with E-state index in [1.54, 1.807) is 0 Å². The van der Waals surface area contributed by atoms with Crippen molar-refractivity contribution in [2.75, 3.05) is 24.6 Å². The van der Waals surface area contributed by atoms with Gasteiger partial charge in [0.15, 0.2) is 5.82 Å². The van der Waals surface area contributed by atoms with Crippen molar-refractivity contribution in [3.63, 3.8) is 0 Å². The van der Waals surface area contributed by atoms with Gasteiger partial charge >= 0.3 is 0 Å². The maximum absolute atomic E-state index is 10.5. The van der Waals surface area contributed by atoms with E-state index >= 15 is 0 Å². The zero-order valence-corrected chi connectivity index (χ0v) is 16.5. The van der Waals surface area contributed by atoms with Gasteiger partial charge in [-0.25, -0.2) is 9.97 Å². The highest BCUT2D eigenvalue weighted by Gasteiger charge is 2.26. The highest BCUT2D eigenvalue weighted by molar-refractivity contribution is 8.00. The second kappa shape index (κ2) is 8.63. The Labute approximate surface area is 164 Å². The number of hydrogen-bond acceptors (Lipinski definition) is 6. The Morgan fingerprint density at radius 2 is 2.07 bits per heavy atom. The lowest BCUT2D eigenvalue weighted by molar-refractivity contribution is 0.192. The molecule has 2 aromatic heterocycles. The number of anilines is 1. The fourth-order valence-corrected chi connectivity index (χ4v) is 5.43. The molecule has 7 heteroatoms. The van der Waals surface area contributed by atoms with Crippen LogP contribution in [0.3, 0.4) is 0 Å². The van der Waals surface area contributed by atoms with Gasteiger partial charge in [-0.1, -0.05) is 31.8 Å². The van der Waals surface area contributed by atoms with Crippen LogP contribution in [0.15, 0.2) is 24.2 Å². The van der Waals surface area contributed by atoms with Gasteiger partial charge in [0.2, 0.25) is 0 Å². The standard InChI is InChI=1S/C20H29N5OS/c21-20-19-18(23-13-24-20)15(9-22-19)11-25-10-14(17(26)12-25)7-8-27-16-5-3-1-2-4-6-16/h7,9,13,16-17,22,26H,1-6,8,10-12H2,(H2,21,23,24). The summed E-state index contributed by atoms with van der Waals surface area (Å²) in [5, 5.41) is 11.3. The molecule has 1 saturated carbocycles. The minimum absolute atomic E-state index is 0.357. The van der Waals surface area contributed by atoms with E-state index in [9.17, 15) is 5.11 Å². The number of aromatic nitrogens is 3. The highest BCUT2D eigenvalue weighted by Crippen LogP contribution is 2.29. The Kier molecular flexibility index (Phi) is 6.00. The van der Waals surface area contributed by atoms with E-state index in [1.807, 2.05) is 6.20 Å². The number of H-pyrrole nitrogens is 1. The van der Waals surface area contributed by atoms with Crippen LogP contribution in [0.5, 0.6) is 0 Å². The first-order valence-corrected chi connectivity index (χ1v) is 11.0. The Morgan fingerprint density at radius 3 is 2.89 bits per heavy atom. The summed E-state index contributed by atoms with van der Waals surface area (Å²) < 4.78 is 0. The number of aromatic amines is 1. The lowest BCUT2D eigenvalue weighted by Crippen LogP contribution is -2.21. The highest BCUT2D eigenvalue weighted by atomic mass is 32.2. The van der Waals surface area contributed by atoms with Crippen LogP contribution in [-0.4, -0.2) is 55.2 Å². The van der Waals surface area contributed by atoms with E-state index in [-0.39, 0.29) is 6.10 Å². The first kappa shape index (κ1) is 18.8. The second-order valence-electron chi connectivity index (χ2n) is 7.71. The molecule has 2 aromatic rings. The number of rotatable bonds is 5. The molecule has 1 saturated heterocycles. The molecule has 2 aliphatic rings. The van der Waals surface area contributed by atoms with Gasteiger partial charge in [-0.15, -0.1) is 0 Å². The van der Waals surface area contributed by atoms with Crippen molar-refractivity contribution in [1.82, 2.24) is 19.9 Å². The molecule has 0 amide bonds. The number of nitrogens with one attached hydrogen (secondary N) is 1. The SMILES string of the molecule is Nc1ncnc2c(CN3CC(=CCSC4CCCCCC4)C(O)C3)c[nH]c12. The van der Waals surface area contributed by atoms with Crippen molar-refractivity contribution >= 4 is 28.6 Å². The number of hydrogen-bond donors (Lipinski definition) is 3. The van der Waals surface area contributed by atoms with Crippen LogP contribution < -0.4 is 5.73 Å². The normalized spacial score (nSPS) is 24.0.